The minimum atomic E-state index is -0.000000000000000444. The molecule has 0 heterocycles. The fraction of sp³-hybridized carbons (Fsp3) is 1.00. The number of rotatable bonds is 4. The van der Waals surface area contributed by atoms with Gasteiger partial charge in [-0.15, -0.1) is 12.4 Å². The Hall–Kier alpha value is 0.210. The lowest BCUT2D eigenvalue weighted by Gasteiger charge is -2.10. The Kier molecular flexibility index (Phi) is 10.9. The SMILES string of the molecule is CCCC(OC)OC.Cl. The van der Waals surface area contributed by atoms with Gasteiger partial charge in [-0.3, -0.25) is 0 Å². The minimum absolute atomic E-state index is 0. The lowest BCUT2D eigenvalue weighted by Crippen LogP contribution is -2.11. The third-order valence-electron chi connectivity index (χ3n) is 1.05. The Balaban J connectivity index is 0. The van der Waals surface area contributed by atoms with Crippen LogP contribution in [0.25, 0.3) is 0 Å². The van der Waals surface area contributed by atoms with E-state index in [2.05, 4.69) is 6.92 Å². The van der Waals surface area contributed by atoms with Gasteiger partial charge in [-0.05, 0) is 6.42 Å². The van der Waals surface area contributed by atoms with Gasteiger partial charge in [-0.25, -0.2) is 0 Å². The highest BCUT2D eigenvalue weighted by atomic mass is 35.5. The van der Waals surface area contributed by atoms with Crippen LogP contribution in [0.5, 0.6) is 0 Å². The molecule has 0 aliphatic heterocycles. The zero-order valence-corrected chi connectivity index (χ0v) is 7.03. The van der Waals surface area contributed by atoms with Gasteiger partial charge in [-0.1, -0.05) is 13.3 Å². The van der Waals surface area contributed by atoms with Gasteiger partial charge < -0.3 is 9.47 Å². The van der Waals surface area contributed by atoms with Crippen LogP contribution in [-0.2, 0) is 9.47 Å². The third kappa shape index (κ3) is 6.09. The molecule has 0 aromatic rings. The highest BCUT2D eigenvalue weighted by Crippen LogP contribution is 1.99. The van der Waals surface area contributed by atoms with Crippen LogP contribution in [0.2, 0.25) is 0 Å². The molecule has 0 aliphatic rings. The second kappa shape index (κ2) is 8.21. The number of halogens is 1. The molecule has 0 atom stereocenters. The second-order valence-corrected chi connectivity index (χ2v) is 1.69. The Bertz CT molecular complexity index is 46.3. The fourth-order valence-electron chi connectivity index (χ4n) is 0.568. The van der Waals surface area contributed by atoms with Crippen LogP contribution in [0.15, 0.2) is 0 Å². The molecule has 0 aromatic carbocycles. The first-order valence-electron chi connectivity index (χ1n) is 2.90. The predicted octanol–water partition coefficient (Wildman–Crippen LogP) is 1.83. The molecule has 0 amide bonds. The van der Waals surface area contributed by atoms with Gasteiger partial charge in [0.05, 0.1) is 0 Å². The fourth-order valence-corrected chi connectivity index (χ4v) is 0.568. The van der Waals surface area contributed by atoms with Crippen molar-refractivity contribution < 1.29 is 9.47 Å². The molecule has 9 heavy (non-hydrogen) atoms. The maximum atomic E-state index is 4.92. The van der Waals surface area contributed by atoms with Gasteiger partial charge in [0.15, 0.2) is 6.29 Å². The second-order valence-electron chi connectivity index (χ2n) is 1.69. The molecule has 0 aliphatic carbocycles. The van der Waals surface area contributed by atoms with Crippen molar-refractivity contribution >= 4 is 12.4 Å². The zero-order valence-electron chi connectivity index (χ0n) is 6.22. The molecule has 0 rings (SSSR count). The Morgan fingerprint density at radius 2 is 1.67 bits per heavy atom. The van der Waals surface area contributed by atoms with Crippen molar-refractivity contribution in [2.24, 2.45) is 0 Å². The maximum absolute atomic E-state index is 4.92. The summed E-state index contributed by atoms with van der Waals surface area (Å²) in [6.45, 7) is 2.10. The molecule has 0 aromatic heterocycles. The first-order valence-corrected chi connectivity index (χ1v) is 2.90. The number of hydrogen-bond acceptors (Lipinski definition) is 2. The molecule has 0 fully saturated rings. The van der Waals surface area contributed by atoms with E-state index < -0.39 is 0 Å². The quantitative estimate of drug-likeness (QED) is 0.576. The molecule has 0 bridgehead atoms. The summed E-state index contributed by atoms with van der Waals surface area (Å²) < 4.78 is 9.84. The van der Waals surface area contributed by atoms with E-state index in [-0.39, 0.29) is 18.7 Å². The summed E-state index contributed by atoms with van der Waals surface area (Å²) in [6, 6.07) is 0. The van der Waals surface area contributed by atoms with E-state index in [1.54, 1.807) is 14.2 Å². The van der Waals surface area contributed by atoms with E-state index >= 15 is 0 Å². The van der Waals surface area contributed by atoms with Crippen LogP contribution in [0.1, 0.15) is 19.8 Å². The predicted molar refractivity (Wildman–Crippen MR) is 40.0 cm³/mol. The Morgan fingerprint density at radius 3 is 1.78 bits per heavy atom. The van der Waals surface area contributed by atoms with Gasteiger partial charge in [0, 0.05) is 14.2 Å². The van der Waals surface area contributed by atoms with E-state index in [1.165, 1.54) is 0 Å². The third-order valence-corrected chi connectivity index (χ3v) is 1.05. The molecule has 0 unspecified atom stereocenters. The molecule has 0 radical (unpaired) electrons. The molecule has 3 heteroatoms. The molecular weight excluding hydrogens is 140 g/mol. The lowest BCUT2D eigenvalue weighted by atomic mass is 10.3. The van der Waals surface area contributed by atoms with Crippen LogP contribution in [0.3, 0.4) is 0 Å². The van der Waals surface area contributed by atoms with E-state index in [9.17, 15) is 0 Å². The summed E-state index contributed by atoms with van der Waals surface area (Å²) in [6.07, 6.45) is 2.08. The molecule has 0 spiro atoms. The minimum Gasteiger partial charge on any atom is -0.356 e. The first-order chi connectivity index (χ1) is 3.85. The van der Waals surface area contributed by atoms with Crippen molar-refractivity contribution in [3.8, 4) is 0 Å². The number of hydrogen-bond donors (Lipinski definition) is 0. The lowest BCUT2D eigenvalue weighted by molar-refractivity contribution is -0.106. The molecule has 0 N–H and O–H groups in total. The summed E-state index contributed by atoms with van der Waals surface area (Å²) in [7, 11) is 3.31. The van der Waals surface area contributed by atoms with Crippen molar-refractivity contribution in [3.63, 3.8) is 0 Å². The zero-order chi connectivity index (χ0) is 6.41. The highest BCUT2D eigenvalue weighted by Gasteiger charge is 1.99. The van der Waals surface area contributed by atoms with Gasteiger partial charge in [0.2, 0.25) is 0 Å². The monoisotopic (exact) mass is 154 g/mol. The summed E-state index contributed by atoms with van der Waals surface area (Å²) in [4.78, 5) is 0. The summed E-state index contributed by atoms with van der Waals surface area (Å²) in [5, 5.41) is 0. The topological polar surface area (TPSA) is 18.5 Å². The van der Waals surface area contributed by atoms with Crippen molar-refractivity contribution in [2.45, 2.75) is 26.1 Å². The number of ether oxygens (including phenoxy) is 2. The smallest absolute Gasteiger partial charge is 0.156 e. The molecular formula is C6H15ClO2. The van der Waals surface area contributed by atoms with Crippen molar-refractivity contribution in [2.75, 3.05) is 14.2 Å². The van der Waals surface area contributed by atoms with Crippen LogP contribution >= 0.6 is 12.4 Å². The standard InChI is InChI=1S/C6H14O2.ClH/c1-4-5-6(7-2)8-3;/h6H,4-5H2,1-3H3;1H. The van der Waals surface area contributed by atoms with Crippen molar-refractivity contribution in [3.05, 3.63) is 0 Å². The van der Waals surface area contributed by atoms with E-state index in [1.807, 2.05) is 0 Å². The van der Waals surface area contributed by atoms with E-state index in [4.69, 9.17) is 9.47 Å². The molecule has 2 nitrogen and oxygen atoms in total. The maximum Gasteiger partial charge on any atom is 0.156 e. The van der Waals surface area contributed by atoms with Crippen LogP contribution in [-0.4, -0.2) is 20.5 Å². The molecule has 58 valence electrons. The van der Waals surface area contributed by atoms with Crippen molar-refractivity contribution in [1.29, 1.82) is 0 Å². The van der Waals surface area contributed by atoms with Crippen molar-refractivity contribution in [1.82, 2.24) is 0 Å². The first kappa shape index (κ1) is 11.9. The van der Waals surface area contributed by atoms with Gasteiger partial charge in [-0.2, -0.15) is 0 Å². The van der Waals surface area contributed by atoms with Crippen LogP contribution < -0.4 is 0 Å². The average Bonchev–Trinajstić information content (AvgIpc) is 1.83. The summed E-state index contributed by atoms with van der Waals surface area (Å²) in [5.74, 6) is 0. The van der Waals surface area contributed by atoms with Gasteiger partial charge in [0.25, 0.3) is 0 Å². The normalized spacial score (nSPS) is 9.33. The van der Waals surface area contributed by atoms with Crippen LogP contribution in [0, 0.1) is 0 Å². The molecule has 0 saturated carbocycles. The summed E-state index contributed by atoms with van der Waals surface area (Å²) in [5.41, 5.74) is 0. The Labute approximate surface area is 62.9 Å². The largest absolute Gasteiger partial charge is 0.356 e. The van der Waals surface area contributed by atoms with Crippen LogP contribution in [0.4, 0.5) is 0 Å². The van der Waals surface area contributed by atoms with Gasteiger partial charge >= 0.3 is 0 Å². The average molecular weight is 155 g/mol. The summed E-state index contributed by atoms with van der Waals surface area (Å²) >= 11 is 0. The molecule has 0 saturated heterocycles. The van der Waals surface area contributed by atoms with E-state index in [0.29, 0.717) is 0 Å². The van der Waals surface area contributed by atoms with Gasteiger partial charge in [0.1, 0.15) is 0 Å². The highest BCUT2D eigenvalue weighted by molar-refractivity contribution is 5.85. The number of methoxy groups -OCH3 is 2. The Morgan fingerprint density at radius 1 is 1.22 bits per heavy atom. The van der Waals surface area contributed by atoms with E-state index in [0.717, 1.165) is 12.8 Å².